The van der Waals surface area contributed by atoms with Crippen molar-refractivity contribution in [1.29, 1.82) is 0 Å². The zero-order valence-corrected chi connectivity index (χ0v) is 16.9. The second-order valence-corrected chi connectivity index (χ2v) is 7.29. The Labute approximate surface area is 174 Å². The minimum Gasteiger partial charge on any atom is -0.356 e. The van der Waals surface area contributed by atoms with E-state index in [0.717, 1.165) is 21.9 Å². The number of benzene rings is 3. The van der Waals surface area contributed by atoms with Gasteiger partial charge in [0.05, 0.1) is 6.61 Å². The second-order valence-electron chi connectivity index (χ2n) is 7.29. The summed E-state index contributed by atoms with van der Waals surface area (Å²) in [5, 5.41) is 2.29. The van der Waals surface area contributed by atoms with Gasteiger partial charge >= 0.3 is 5.69 Å². The fraction of sp³-hybridized carbons (Fsp3) is 0.200. The highest BCUT2D eigenvalue weighted by Crippen LogP contribution is 2.19. The third kappa shape index (κ3) is 4.26. The predicted octanol–water partition coefficient (Wildman–Crippen LogP) is 4.02. The first-order chi connectivity index (χ1) is 14.7. The summed E-state index contributed by atoms with van der Waals surface area (Å²) in [5.41, 5.74) is 2.63. The van der Waals surface area contributed by atoms with Crippen LogP contribution in [0.15, 0.2) is 82.4 Å². The molecule has 0 fully saturated rings. The first-order valence-electron chi connectivity index (χ1n) is 10.1. The molecule has 4 rings (SSSR count). The van der Waals surface area contributed by atoms with E-state index in [9.17, 15) is 9.59 Å². The van der Waals surface area contributed by atoms with Crippen LogP contribution in [0.1, 0.15) is 29.3 Å². The van der Waals surface area contributed by atoms with E-state index in [1.54, 1.807) is 4.57 Å². The maximum Gasteiger partial charge on any atom is 0.330 e. The zero-order valence-electron chi connectivity index (χ0n) is 16.9. The quantitative estimate of drug-likeness (QED) is 0.510. The molecule has 4 aromatic rings. The fourth-order valence-corrected chi connectivity index (χ4v) is 3.73. The normalized spacial score (nSPS) is 11.1. The molecular weight excluding hydrogens is 376 g/mol. The highest BCUT2D eigenvalue weighted by Gasteiger charge is 2.15. The van der Waals surface area contributed by atoms with Gasteiger partial charge < -0.3 is 4.74 Å². The number of ether oxygens (including phenoxy) is 1. The fourth-order valence-electron chi connectivity index (χ4n) is 3.73. The summed E-state index contributed by atoms with van der Waals surface area (Å²) in [7, 11) is 0. The van der Waals surface area contributed by atoms with E-state index < -0.39 is 5.69 Å². The molecular formula is C25H24N2O3. The molecule has 152 valence electrons. The molecule has 3 aromatic carbocycles. The summed E-state index contributed by atoms with van der Waals surface area (Å²) >= 11 is 0. The first kappa shape index (κ1) is 19.9. The standard InChI is InChI=1S/C25H24N2O3/c1-2-22-23(15-19-12-13-20-10-6-7-11-21(20)14-19)27(25(29)26-24(22)28)17-30-16-18-8-4-3-5-9-18/h3-14H,2,15-17H2,1H3,(H,26,28,29). The van der Waals surface area contributed by atoms with Crippen molar-refractivity contribution in [3.63, 3.8) is 0 Å². The van der Waals surface area contributed by atoms with Crippen LogP contribution in [0, 0.1) is 0 Å². The van der Waals surface area contributed by atoms with E-state index >= 15 is 0 Å². The average molecular weight is 400 g/mol. The summed E-state index contributed by atoms with van der Waals surface area (Å²) in [6.45, 7) is 2.40. The Morgan fingerprint density at radius 1 is 0.867 bits per heavy atom. The van der Waals surface area contributed by atoms with Gasteiger partial charge in [-0.25, -0.2) is 4.79 Å². The number of H-pyrrole nitrogens is 1. The highest BCUT2D eigenvalue weighted by atomic mass is 16.5. The maximum absolute atomic E-state index is 12.6. The lowest BCUT2D eigenvalue weighted by molar-refractivity contribution is 0.0589. The lowest BCUT2D eigenvalue weighted by atomic mass is 10.0. The van der Waals surface area contributed by atoms with Gasteiger partial charge in [-0.2, -0.15) is 0 Å². The van der Waals surface area contributed by atoms with Gasteiger partial charge in [0.2, 0.25) is 0 Å². The number of nitrogens with one attached hydrogen (secondary N) is 1. The van der Waals surface area contributed by atoms with Gasteiger partial charge in [0.15, 0.2) is 0 Å². The molecule has 0 saturated carbocycles. The van der Waals surface area contributed by atoms with Crippen molar-refractivity contribution >= 4 is 10.8 Å². The van der Waals surface area contributed by atoms with Gasteiger partial charge in [-0.05, 0) is 28.3 Å². The number of aromatic amines is 1. The molecule has 0 aliphatic heterocycles. The van der Waals surface area contributed by atoms with Crippen LogP contribution in [0.4, 0.5) is 0 Å². The molecule has 5 nitrogen and oxygen atoms in total. The van der Waals surface area contributed by atoms with Crippen molar-refractivity contribution in [1.82, 2.24) is 9.55 Å². The SMILES string of the molecule is CCc1c(Cc2ccc3ccccc3c2)n(COCc2ccccc2)c(=O)[nH]c1=O. The summed E-state index contributed by atoms with van der Waals surface area (Å²) in [6, 6.07) is 24.2. The summed E-state index contributed by atoms with van der Waals surface area (Å²) < 4.78 is 7.36. The molecule has 0 bridgehead atoms. The summed E-state index contributed by atoms with van der Waals surface area (Å²) in [4.78, 5) is 27.5. The van der Waals surface area contributed by atoms with Crippen LogP contribution in [0.2, 0.25) is 0 Å². The van der Waals surface area contributed by atoms with E-state index in [2.05, 4.69) is 29.2 Å². The van der Waals surface area contributed by atoms with E-state index in [1.165, 1.54) is 0 Å². The number of hydrogen-bond acceptors (Lipinski definition) is 3. The monoisotopic (exact) mass is 400 g/mol. The van der Waals surface area contributed by atoms with Crippen molar-refractivity contribution < 1.29 is 4.74 Å². The Morgan fingerprint density at radius 3 is 2.37 bits per heavy atom. The van der Waals surface area contributed by atoms with Crippen LogP contribution < -0.4 is 11.2 Å². The number of hydrogen-bond donors (Lipinski definition) is 1. The van der Waals surface area contributed by atoms with Crippen molar-refractivity contribution in [2.45, 2.75) is 33.1 Å². The first-order valence-corrected chi connectivity index (χ1v) is 10.1. The number of aromatic nitrogens is 2. The van der Waals surface area contributed by atoms with E-state index in [1.807, 2.05) is 55.5 Å². The Bertz CT molecular complexity index is 1270. The molecule has 0 aliphatic carbocycles. The smallest absolute Gasteiger partial charge is 0.330 e. The third-order valence-corrected chi connectivity index (χ3v) is 5.28. The Balaban J connectivity index is 1.67. The highest BCUT2D eigenvalue weighted by molar-refractivity contribution is 5.83. The third-order valence-electron chi connectivity index (χ3n) is 5.28. The molecule has 0 aliphatic rings. The lowest BCUT2D eigenvalue weighted by Gasteiger charge is -2.16. The van der Waals surface area contributed by atoms with Gasteiger partial charge in [0, 0.05) is 17.7 Å². The minimum atomic E-state index is -0.443. The van der Waals surface area contributed by atoms with Crippen LogP contribution in [0.3, 0.4) is 0 Å². The molecule has 0 radical (unpaired) electrons. The molecule has 1 N–H and O–H groups in total. The molecule has 0 unspecified atom stereocenters. The molecule has 0 spiro atoms. The van der Waals surface area contributed by atoms with Crippen molar-refractivity contribution in [3.8, 4) is 0 Å². The Morgan fingerprint density at radius 2 is 1.60 bits per heavy atom. The van der Waals surface area contributed by atoms with Gasteiger partial charge in [-0.3, -0.25) is 14.3 Å². The lowest BCUT2D eigenvalue weighted by Crippen LogP contribution is -2.36. The Kier molecular flexibility index (Phi) is 5.91. The van der Waals surface area contributed by atoms with Crippen LogP contribution in [0.25, 0.3) is 10.8 Å². The van der Waals surface area contributed by atoms with Crippen LogP contribution >= 0.6 is 0 Å². The van der Waals surface area contributed by atoms with Gasteiger partial charge in [0.25, 0.3) is 5.56 Å². The molecule has 0 atom stereocenters. The van der Waals surface area contributed by atoms with Gasteiger partial charge in [-0.15, -0.1) is 0 Å². The van der Waals surface area contributed by atoms with E-state index in [4.69, 9.17) is 4.74 Å². The maximum atomic E-state index is 12.6. The predicted molar refractivity (Wildman–Crippen MR) is 119 cm³/mol. The topological polar surface area (TPSA) is 64.1 Å². The molecule has 0 saturated heterocycles. The number of rotatable bonds is 7. The molecule has 5 heteroatoms. The van der Waals surface area contributed by atoms with Crippen molar-refractivity contribution in [2.75, 3.05) is 0 Å². The van der Waals surface area contributed by atoms with Crippen molar-refractivity contribution in [3.05, 3.63) is 116 Å². The van der Waals surface area contributed by atoms with Crippen LogP contribution in [-0.2, 0) is 30.9 Å². The Hall–Kier alpha value is -3.44. The molecule has 0 amide bonds. The summed E-state index contributed by atoms with van der Waals surface area (Å²) in [5.74, 6) is 0. The van der Waals surface area contributed by atoms with Crippen molar-refractivity contribution in [2.24, 2.45) is 0 Å². The largest absolute Gasteiger partial charge is 0.356 e. The van der Waals surface area contributed by atoms with E-state index in [-0.39, 0.29) is 12.3 Å². The zero-order chi connectivity index (χ0) is 20.9. The van der Waals surface area contributed by atoms with Gasteiger partial charge in [0.1, 0.15) is 6.73 Å². The molecule has 1 aromatic heterocycles. The molecule has 1 heterocycles. The number of fused-ring (bicyclic) bond motifs is 1. The van der Waals surface area contributed by atoms with Crippen LogP contribution in [0.5, 0.6) is 0 Å². The van der Waals surface area contributed by atoms with E-state index in [0.29, 0.717) is 30.7 Å². The van der Waals surface area contributed by atoms with Gasteiger partial charge in [-0.1, -0.05) is 79.7 Å². The average Bonchev–Trinajstić information content (AvgIpc) is 2.76. The second kappa shape index (κ2) is 8.93. The minimum absolute atomic E-state index is 0.0838. The van der Waals surface area contributed by atoms with Crippen LogP contribution in [-0.4, -0.2) is 9.55 Å². The summed E-state index contributed by atoms with van der Waals surface area (Å²) in [6.07, 6.45) is 1.03. The molecule has 30 heavy (non-hydrogen) atoms. The number of nitrogens with zero attached hydrogens (tertiary/aromatic N) is 1.